The molecule has 0 rings (SSSR count). The zero-order valence-electron chi connectivity index (χ0n) is 7.01. The van der Waals surface area contributed by atoms with E-state index in [2.05, 4.69) is 26.6 Å². The van der Waals surface area contributed by atoms with Crippen LogP contribution in [0.3, 0.4) is 0 Å². The van der Waals surface area contributed by atoms with Crippen molar-refractivity contribution in [3.05, 3.63) is 26.6 Å². The van der Waals surface area contributed by atoms with Gasteiger partial charge in [-0.05, 0) is 0 Å². The fourth-order valence-corrected chi connectivity index (χ4v) is 0. The van der Waals surface area contributed by atoms with Crippen LogP contribution in [0.2, 0.25) is 0 Å². The molecule has 47 valence electrons. The second-order valence-electron chi connectivity index (χ2n) is 0. The van der Waals surface area contributed by atoms with Gasteiger partial charge in [-0.15, -0.1) is 0 Å². The van der Waals surface area contributed by atoms with Crippen molar-refractivity contribution in [2.45, 2.75) is 0 Å². The van der Waals surface area contributed by atoms with Crippen LogP contribution in [0, 0.1) is 26.6 Å². The second kappa shape index (κ2) is 316. The van der Waals surface area contributed by atoms with Crippen LogP contribution in [-0.2, 0) is 39.0 Å². The van der Waals surface area contributed by atoms with Gasteiger partial charge in [0.2, 0.25) is 0 Å². The fraction of sp³-hybridized carbons (Fsp3) is 0. The van der Waals surface area contributed by atoms with Crippen molar-refractivity contribution in [1.82, 2.24) is 0 Å². The van der Waals surface area contributed by atoms with Crippen molar-refractivity contribution in [2.24, 2.45) is 0 Å². The normalized spacial score (nSPS) is 0.667. The molecule has 0 aromatic rings. The Morgan fingerprint density at radius 2 is 0.417 bits per heavy atom. The Balaban J connectivity index is -0.00000000267. The van der Waals surface area contributed by atoms with E-state index in [1.807, 2.05) is 0 Å². The summed E-state index contributed by atoms with van der Waals surface area (Å²) in [5.74, 6) is 0. The molecule has 0 aliphatic heterocycles. The van der Waals surface area contributed by atoms with Gasteiger partial charge in [0.05, 0.1) is 0 Å². The molecule has 0 aromatic heterocycles. The van der Waals surface area contributed by atoms with Gasteiger partial charge in [0.15, 0.2) is 0 Å². The van der Waals surface area contributed by atoms with Crippen molar-refractivity contribution >= 4 is 0 Å². The van der Waals surface area contributed by atoms with Crippen molar-refractivity contribution < 1.29 is 128 Å². The van der Waals surface area contributed by atoms with E-state index < -0.39 is 0 Å². The van der Waals surface area contributed by atoms with Crippen LogP contribution in [0.25, 0.3) is 0 Å². The van der Waals surface area contributed by atoms with Crippen molar-refractivity contribution in [1.29, 1.82) is 0 Å². The number of hydrogen-bond donors (Lipinski definition) is 0. The molecule has 0 atom stereocenters. The molecule has 0 saturated heterocycles. The Kier molecular flexibility index (Phi) is 1630. The van der Waals surface area contributed by atoms with Gasteiger partial charge in [-0.2, -0.15) is 0 Å². The van der Waals surface area contributed by atoms with E-state index in [-0.39, 0.29) is 109 Å². The third-order valence-electron chi connectivity index (χ3n) is 0. The molecule has 0 aromatic carbocycles. The molecule has 12 heavy (non-hydrogen) atoms. The summed E-state index contributed by atoms with van der Waals surface area (Å²) >= 11 is 0. The van der Waals surface area contributed by atoms with Gasteiger partial charge in [0.1, 0.15) is 0 Å². The Morgan fingerprint density at radius 1 is 0.417 bits per heavy atom. The summed E-state index contributed by atoms with van der Waals surface area (Å²) in [6, 6.07) is 0. The zero-order chi connectivity index (χ0) is 8.00. The van der Waals surface area contributed by atoms with Gasteiger partial charge in [-0.1, -0.05) is 0 Å². The molecule has 0 spiro atoms. The molecule has 0 unspecified atom stereocenters. The molecule has 0 aliphatic rings. The molecule has 1 radical (unpaired) electrons. The third-order valence-corrected chi connectivity index (χ3v) is 0. The second-order valence-corrected chi connectivity index (χ2v) is 0. The minimum Gasteiger partial charge on any atom is 0 e. The molecular weight excluding hydrogens is 367 g/mol. The maximum Gasteiger partial charge on any atom is 1.00 e. The topological polar surface area (TPSA) is 79.6 Å². The molecule has 8 heteroatoms. The standard InChI is InChI=1S/4CO.3Na.Re/c4*1-2;;;;/q;;;;3*+1;. The Morgan fingerprint density at radius 3 is 0.417 bits per heavy atom. The van der Waals surface area contributed by atoms with Crippen LogP contribution in [0.1, 0.15) is 0 Å². The van der Waals surface area contributed by atoms with Gasteiger partial charge < -0.3 is 0 Å². The van der Waals surface area contributed by atoms with E-state index >= 15 is 0 Å². The molecule has 0 bridgehead atoms. The first-order valence-electron chi connectivity index (χ1n) is 0.816. The summed E-state index contributed by atoms with van der Waals surface area (Å²) < 4.78 is 30.0. The summed E-state index contributed by atoms with van der Waals surface area (Å²) in [7, 11) is 0. The molecule has 0 N–H and O–H groups in total. The van der Waals surface area contributed by atoms with Crippen LogP contribution >= 0.6 is 0 Å². The van der Waals surface area contributed by atoms with Crippen LogP contribution in [0.4, 0.5) is 0 Å². The summed E-state index contributed by atoms with van der Waals surface area (Å²) in [6.45, 7) is 18.0. The first-order chi connectivity index (χ1) is 4.00. The molecule has 0 amide bonds. The third kappa shape index (κ3) is 248. The van der Waals surface area contributed by atoms with Gasteiger partial charge in [0, 0.05) is 20.4 Å². The molecule has 0 fully saturated rings. The largest absolute Gasteiger partial charge is 1.00 e. The quantitative estimate of drug-likeness (QED) is 0.232. The van der Waals surface area contributed by atoms with Crippen molar-refractivity contribution in [3.63, 3.8) is 0 Å². The molecule has 0 aliphatic carbocycles. The Hall–Kier alpha value is 2.62. The average Bonchev–Trinajstić information content (AvgIpc) is 2.03. The minimum absolute atomic E-state index is 0. The molecular formula is C4Na3O4Re+3. The smallest absolute Gasteiger partial charge is 0 e. The van der Waals surface area contributed by atoms with E-state index in [1.165, 1.54) is 0 Å². The monoisotopic (exact) mass is 368 g/mol. The maximum absolute atomic E-state index is 7.50. The van der Waals surface area contributed by atoms with Crippen molar-refractivity contribution in [3.8, 4) is 0 Å². The van der Waals surface area contributed by atoms with Crippen molar-refractivity contribution in [2.75, 3.05) is 0 Å². The summed E-state index contributed by atoms with van der Waals surface area (Å²) in [5.41, 5.74) is 0. The number of rotatable bonds is 0. The van der Waals surface area contributed by atoms with E-state index in [4.69, 9.17) is 18.6 Å². The van der Waals surface area contributed by atoms with E-state index in [0.29, 0.717) is 0 Å². The predicted octanol–water partition coefficient (Wildman–Crippen LogP) is -9.14. The fourth-order valence-electron chi connectivity index (χ4n) is 0. The van der Waals surface area contributed by atoms with Gasteiger partial charge in [-0.3, -0.25) is 0 Å². The summed E-state index contributed by atoms with van der Waals surface area (Å²) in [4.78, 5) is 0. The zero-order valence-corrected chi connectivity index (χ0v) is 15.7. The number of hydrogen-bond acceptors (Lipinski definition) is 0. The van der Waals surface area contributed by atoms with Crippen LogP contribution in [0.15, 0.2) is 0 Å². The minimum atomic E-state index is 0. The molecule has 0 heterocycles. The molecule has 4 nitrogen and oxygen atoms in total. The average molecular weight is 367 g/mol. The Labute approximate surface area is 151 Å². The predicted molar refractivity (Wildman–Crippen MR) is 15.7 cm³/mol. The summed E-state index contributed by atoms with van der Waals surface area (Å²) in [6.07, 6.45) is 0. The van der Waals surface area contributed by atoms with Crippen LogP contribution in [0.5, 0.6) is 0 Å². The summed E-state index contributed by atoms with van der Waals surface area (Å²) in [5, 5.41) is 0. The Bertz CT molecular complexity index is 65.3. The van der Waals surface area contributed by atoms with Gasteiger partial charge in [0.25, 0.3) is 0 Å². The van der Waals surface area contributed by atoms with E-state index in [0.717, 1.165) is 0 Å². The van der Waals surface area contributed by atoms with Gasteiger partial charge >= 0.3 is 134 Å². The SMILES string of the molecule is [C-]#[O+].[C-]#[O+].[C-]#[O+].[C-]#[O+].[Na+].[Na+].[Na+].[Re]. The van der Waals surface area contributed by atoms with Gasteiger partial charge in [-0.25, -0.2) is 0 Å². The first-order valence-corrected chi connectivity index (χ1v) is 0.816. The van der Waals surface area contributed by atoms with E-state index in [1.54, 1.807) is 0 Å². The van der Waals surface area contributed by atoms with Crippen LogP contribution < -0.4 is 88.7 Å². The van der Waals surface area contributed by atoms with Crippen LogP contribution in [-0.4, -0.2) is 0 Å². The molecule has 0 saturated carbocycles. The maximum atomic E-state index is 7.50. The first kappa shape index (κ1) is 61.9. The van der Waals surface area contributed by atoms with E-state index in [9.17, 15) is 0 Å².